The molecule has 15 heavy (non-hydrogen) atoms. The van der Waals surface area contributed by atoms with Gasteiger partial charge in [0.25, 0.3) is 5.56 Å². The minimum Gasteiger partial charge on any atom is -0.382 e. The van der Waals surface area contributed by atoms with Crippen LogP contribution < -0.4 is 10.9 Å². The second kappa shape index (κ2) is 6.42. The summed E-state index contributed by atoms with van der Waals surface area (Å²) in [6.45, 7) is 4.02. The molecule has 0 bridgehead atoms. The Hall–Kier alpha value is -1.07. The predicted molar refractivity (Wildman–Crippen MR) is 59.5 cm³/mol. The molecule has 0 atom stereocenters. The number of nitrogens with zero attached hydrogens (tertiary/aromatic N) is 1. The van der Waals surface area contributed by atoms with Crippen LogP contribution in [-0.2, 0) is 4.74 Å². The number of nitrogens with one attached hydrogen (secondary N) is 2. The van der Waals surface area contributed by atoms with Gasteiger partial charge in [-0.15, -0.1) is 0 Å². The summed E-state index contributed by atoms with van der Waals surface area (Å²) in [7, 11) is 0. The summed E-state index contributed by atoms with van der Waals surface area (Å²) in [5.41, 5.74) is -0.334. The van der Waals surface area contributed by atoms with Gasteiger partial charge in [-0.3, -0.25) is 4.79 Å². The fourth-order valence-corrected chi connectivity index (χ4v) is 1.20. The van der Waals surface area contributed by atoms with Crippen LogP contribution in [0.1, 0.15) is 13.3 Å². The number of aromatic nitrogens is 2. The van der Waals surface area contributed by atoms with Crippen LogP contribution in [-0.4, -0.2) is 29.7 Å². The molecule has 0 aliphatic carbocycles. The first-order chi connectivity index (χ1) is 7.25. The molecule has 0 aliphatic rings. The molecule has 84 valence electrons. The summed E-state index contributed by atoms with van der Waals surface area (Å²) in [5, 5.41) is 3.06. The van der Waals surface area contributed by atoms with Crippen LogP contribution in [0.25, 0.3) is 0 Å². The molecule has 0 saturated carbocycles. The molecule has 1 aromatic rings. The third kappa shape index (κ3) is 3.89. The average molecular weight is 232 g/mol. The zero-order chi connectivity index (χ0) is 11.1. The second-order valence-electron chi connectivity index (χ2n) is 2.87. The minimum atomic E-state index is -0.334. The van der Waals surface area contributed by atoms with Crippen LogP contribution in [0.3, 0.4) is 0 Å². The summed E-state index contributed by atoms with van der Waals surface area (Å²) in [4.78, 5) is 17.4. The Balaban J connectivity index is 2.38. The Labute approximate surface area is 92.8 Å². The normalized spacial score (nSPS) is 10.3. The van der Waals surface area contributed by atoms with Crippen LogP contribution in [0.5, 0.6) is 0 Å². The van der Waals surface area contributed by atoms with E-state index in [1.165, 1.54) is 6.33 Å². The highest BCUT2D eigenvalue weighted by atomic mass is 35.5. The first kappa shape index (κ1) is 12.0. The fourth-order valence-electron chi connectivity index (χ4n) is 1.03. The zero-order valence-electron chi connectivity index (χ0n) is 8.55. The largest absolute Gasteiger partial charge is 0.382 e. The number of rotatable bonds is 6. The number of hydrogen-bond donors (Lipinski definition) is 2. The molecule has 1 aromatic heterocycles. The summed E-state index contributed by atoms with van der Waals surface area (Å²) < 4.78 is 5.16. The van der Waals surface area contributed by atoms with Crippen molar-refractivity contribution in [3.05, 3.63) is 21.7 Å². The summed E-state index contributed by atoms with van der Waals surface area (Å²) >= 11 is 5.73. The molecule has 5 nitrogen and oxygen atoms in total. The molecule has 0 saturated heterocycles. The lowest BCUT2D eigenvalue weighted by Crippen LogP contribution is -2.13. The second-order valence-corrected chi connectivity index (χ2v) is 3.25. The maximum atomic E-state index is 11.1. The van der Waals surface area contributed by atoms with Crippen molar-refractivity contribution in [2.45, 2.75) is 13.3 Å². The lowest BCUT2D eigenvalue weighted by Gasteiger charge is -2.05. The number of ether oxygens (including phenoxy) is 1. The van der Waals surface area contributed by atoms with Crippen molar-refractivity contribution in [3.8, 4) is 0 Å². The first-order valence-corrected chi connectivity index (χ1v) is 5.18. The van der Waals surface area contributed by atoms with E-state index in [9.17, 15) is 4.79 Å². The van der Waals surface area contributed by atoms with Gasteiger partial charge in [0.05, 0.1) is 6.33 Å². The number of anilines is 1. The number of hydrogen-bond acceptors (Lipinski definition) is 4. The van der Waals surface area contributed by atoms with Crippen LogP contribution >= 0.6 is 11.6 Å². The van der Waals surface area contributed by atoms with E-state index in [1.54, 1.807) is 0 Å². The molecule has 0 radical (unpaired) electrons. The van der Waals surface area contributed by atoms with Gasteiger partial charge in [0.2, 0.25) is 0 Å². The smallest absolute Gasteiger partial charge is 0.271 e. The summed E-state index contributed by atoms with van der Waals surface area (Å²) in [6, 6.07) is 0. The fraction of sp³-hybridized carbons (Fsp3) is 0.556. The third-order valence-corrected chi connectivity index (χ3v) is 2.11. The van der Waals surface area contributed by atoms with Crippen molar-refractivity contribution < 1.29 is 4.74 Å². The van der Waals surface area contributed by atoms with Crippen molar-refractivity contribution >= 4 is 17.4 Å². The van der Waals surface area contributed by atoms with Gasteiger partial charge in [0.15, 0.2) is 5.82 Å². The Morgan fingerprint density at radius 2 is 2.47 bits per heavy atom. The monoisotopic (exact) mass is 231 g/mol. The quantitative estimate of drug-likeness (QED) is 0.724. The Kier molecular flexibility index (Phi) is 5.14. The van der Waals surface area contributed by atoms with E-state index in [2.05, 4.69) is 15.3 Å². The van der Waals surface area contributed by atoms with Gasteiger partial charge in [-0.25, -0.2) is 4.98 Å². The Morgan fingerprint density at radius 1 is 1.67 bits per heavy atom. The van der Waals surface area contributed by atoms with E-state index < -0.39 is 0 Å². The highest BCUT2D eigenvalue weighted by molar-refractivity contribution is 6.32. The molecule has 0 unspecified atom stereocenters. The highest BCUT2D eigenvalue weighted by Crippen LogP contribution is 2.11. The molecule has 6 heteroatoms. The molecule has 0 spiro atoms. The molecule has 0 aliphatic heterocycles. The van der Waals surface area contributed by atoms with Gasteiger partial charge in [0, 0.05) is 19.8 Å². The van der Waals surface area contributed by atoms with Crippen molar-refractivity contribution in [2.24, 2.45) is 0 Å². The van der Waals surface area contributed by atoms with Gasteiger partial charge in [-0.05, 0) is 13.3 Å². The number of aromatic amines is 1. The van der Waals surface area contributed by atoms with E-state index in [0.717, 1.165) is 6.42 Å². The lowest BCUT2D eigenvalue weighted by atomic mass is 10.4. The maximum absolute atomic E-state index is 11.1. The van der Waals surface area contributed by atoms with Crippen molar-refractivity contribution in [1.29, 1.82) is 0 Å². The van der Waals surface area contributed by atoms with Gasteiger partial charge in [-0.1, -0.05) is 11.6 Å². The van der Waals surface area contributed by atoms with Crippen LogP contribution in [0, 0.1) is 0 Å². The summed E-state index contributed by atoms with van der Waals surface area (Å²) in [5.74, 6) is 0.414. The molecule has 0 fully saturated rings. The van der Waals surface area contributed by atoms with Crippen LogP contribution in [0.4, 0.5) is 5.82 Å². The Bertz CT molecular complexity index is 353. The first-order valence-electron chi connectivity index (χ1n) is 4.80. The SMILES string of the molecule is CCOCCCNc1nc[nH]c(=O)c1Cl. The number of halogens is 1. The van der Waals surface area contributed by atoms with Crippen LogP contribution in [0.2, 0.25) is 5.02 Å². The van der Waals surface area contributed by atoms with E-state index in [0.29, 0.717) is 25.6 Å². The standard InChI is InChI=1S/C9H14ClN3O2/c1-2-15-5-3-4-11-8-7(10)9(14)13-6-12-8/h6H,2-5H2,1H3,(H2,11,12,13,14). The van der Waals surface area contributed by atoms with E-state index in [4.69, 9.17) is 16.3 Å². The number of H-pyrrole nitrogens is 1. The van der Waals surface area contributed by atoms with E-state index in [1.807, 2.05) is 6.92 Å². The molecule has 1 rings (SSSR count). The van der Waals surface area contributed by atoms with E-state index in [-0.39, 0.29) is 10.6 Å². The maximum Gasteiger partial charge on any atom is 0.271 e. The predicted octanol–water partition coefficient (Wildman–Crippen LogP) is 1.26. The van der Waals surface area contributed by atoms with Gasteiger partial charge < -0.3 is 15.0 Å². The lowest BCUT2D eigenvalue weighted by molar-refractivity contribution is 0.147. The summed E-state index contributed by atoms with van der Waals surface area (Å²) in [6.07, 6.45) is 2.16. The minimum absolute atomic E-state index is 0.0916. The molecule has 2 N–H and O–H groups in total. The molecule has 0 aromatic carbocycles. The van der Waals surface area contributed by atoms with E-state index >= 15 is 0 Å². The van der Waals surface area contributed by atoms with Gasteiger partial charge in [0.1, 0.15) is 5.02 Å². The molecule has 0 amide bonds. The topological polar surface area (TPSA) is 67.0 Å². The van der Waals surface area contributed by atoms with Crippen LogP contribution in [0.15, 0.2) is 11.1 Å². The highest BCUT2D eigenvalue weighted by Gasteiger charge is 2.03. The zero-order valence-corrected chi connectivity index (χ0v) is 9.30. The Morgan fingerprint density at radius 3 is 3.20 bits per heavy atom. The molecular formula is C9H14ClN3O2. The van der Waals surface area contributed by atoms with Crippen molar-refractivity contribution in [1.82, 2.24) is 9.97 Å². The van der Waals surface area contributed by atoms with Gasteiger partial charge in [-0.2, -0.15) is 0 Å². The van der Waals surface area contributed by atoms with Crippen molar-refractivity contribution in [3.63, 3.8) is 0 Å². The molecular weight excluding hydrogens is 218 g/mol. The molecule has 1 heterocycles. The average Bonchev–Trinajstić information content (AvgIpc) is 2.24. The third-order valence-electron chi connectivity index (χ3n) is 1.76. The van der Waals surface area contributed by atoms with Gasteiger partial charge >= 0.3 is 0 Å². The van der Waals surface area contributed by atoms with Crippen molar-refractivity contribution in [2.75, 3.05) is 25.1 Å².